The third kappa shape index (κ3) is 3.09. The lowest BCUT2D eigenvalue weighted by atomic mass is 9.84. The van der Waals surface area contributed by atoms with E-state index in [-0.39, 0.29) is 19.0 Å². The maximum absolute atomic E-state index is 13.2. The van der Waals surface area contributed by atoms with Gasteiger partial charge in [0, 0.05) is 0 Å². The van der Waals surface area contributed by atoms with Crippen molar-refractivity contribution in [3.8, 4) is 0 Å². The molecule has 1 fully saturated rings. The molecule has 1 aromatic heterocycles. The molecule has 0 bridgehead atoms. The molecule has 1 atom stereocenters. The highest BCUT2D eigenvalue weighted by molar-refractivity contribution is 6.09. The van der Waals surface area contributed by atoms with Gasteiger partial charge in [0.15, 0.2) is 0 Å². The summed E-state index contributed by atoms with van der Waals surface area (Å²) in [6.07, 6.45) is 4.74. The van der Waals surface area contributed by atoms with Gasteiger partial charge >= 0.3 is 6.03 Å². The number of hydrogen-bond acceptors (Lipinski definition) is 4. The maximum atomic E-state index is 13.2. The molecule has 140 valence electrons. The van der Waals surface area contributed by atoms with Gasteiger partial charge in [-0.1, -0.05) is 24.3 Å². The highest BCUT2D eigenvalue weighted by Crippen LogP contribution is 2.38. The summed E-state index contributed by atoms with van der Waals surface area (Å²) < 4.78 is 5.16. The second-order valence-corrected chi connectivity index (χ2v) is 6.95. The molecule has 2 aromatic rings. The van der Waals surface area contributed by atoms with Gasteiger partial charge < -0.3 is 15.1 Å². The number of furan rings is 1. The largest absolute Gasteiger partial charge is 0.467 e. The van der Waals surface area contributed by atoms with Crippen molar-refractivity contribution in [1.29, 1.82) is 0 Å². The molecular weight excluding hydrogens is 346 g/mol. The molecule has 0 saturated carbocycles. The van der Waals surface area contributed by atoms with Gasteiger partial charge in [0.1, 0.15) is 17.8 Å². The van der Waals surface area contributed by atoms with Crippen molar-refractivity contribution in [2.45, 2.75) is 37.8 Å². The van der Waals surface area contributed by atoms with Gasteiger partial charge in [0.05, 0.1) is 12.8 Å². The first-order chi connectivity index (χ1) is 13.1. The van der Waals surface area contributed by atoms with Crippen LogP contribution in [0, 0.1) is 0 Å². The molecule has 0 radical (unpaired) electrons. The highest BCUT2D eigenvalue weighted by atomic mass is 16.3. The van der Waals surface area contributed by atoms with Crippen molar-refractivity contribution in [2.24, 2.45) is 0 Å². The summed E-state index contributed by atoms with van der Waals surface area (Å²) in [5.41, 5.74) is 0.859. The van der Waals surface area contributed by atoms with Gasteiger partial charge in [-0.2, -0.15) is 0 Å². The Balaban J connectivity index is 1.53. The molecule has 2 N–H and O–H groups in total. The maximum Gasteiger partial charge on any atom is 0.325 e. The number of nitrogens with zero attached hydrogens (tertiary/aromatic N) is 1. The second-order valence-electron chi connectivity index (χ2n) is 6.95. The number of urea groups is 1. The second kappa shape index (κ2) is 6.90. The van der Waals surface area contributed by atoms with Crippen molar-refractivity contribution in [1.82, 2.24) is 15.5 Å². The fraction of sp³-hybridized carbons (Fsp3) is 0.350. The smallest absolute Gasteiger partial charge is 0.325 e. The van der Waals surface area contributed by atoms with E-state index >= 15 is 0 Å². The average Bonchev–Trinajstić information content (AvgIpc) is 3.21. The Hall–Kier alpha value is -3.09. The number of hydrogen-bond donors (Lipinski definition) is 2. The molecule has 4 amide bonds. The third-order valence-corrected chi connectivity index (χ3v) is 5.24. The Morgan fingerprint density at radius 3 is 2.85 bits per heavy atom. The molecule has 1 unspecified atom stereocenters. The normalized spacial score (nSPS) is 21.7. The van der Waals surface area contributed by atoms with Gasteiger partial charge in [-0.15, -0.1) is 0 Å². The number of imide groups is 1. The van der Waals surface area contributed by atoms with Gasteiger partial charge in [-0.3, -0.25) is 14.5 Å². The van der Waals surface area contributed by atoms with Gasteiger partial charge in [0.25, 0.3) is 5.91 Å². The van der Waals surface area contributed by atoms with Gasteiger partial charge in [0.2, 0.25) is 5.91 Å². The Morgan fingerprint density at radius 1 is 1.19 bits per heavy atom. The lowest BCUT2D eigenvalue weighted by Crippen LogP contribution is -2.45. The van der Waals surface area contributed by atoms with E-state index in [0.29, 0.717) is 12.2 Å². The fourth-order valence-corrected chi connectivity index (χ4v) is 3.91. The van der Waals surface area contributed by atoms with Crippen LogP contribution in [0.3, 0.4) is 0 Å². The standard InChI is InChI=1S/C20H21N3O4/c24-17(21-12-15-8-5-11-27-15)13-23-18(25)20(22-19(23)26)10-4-3-7-14-6-1-2-9-16(14)20/h1-2,5-6,8-9,11H,3-4,7,10,12-13H2,(H,21,24)(H,22,26). The molecule has 7 nitrogen and oxygen atoms in total. The van der Waals surface area contributed by atoms with Crippen molar-refractivity contribution in [3.05, 3.63) is 59.5 Å². The summed E-state index contributed by atoms with van der Waals surface area (Å²) in [7, 11) is 0. The number of benzene rings is 1. The summed E-state index contributed by atoms with van der Waals surface area (Å²) in [6, 6.07) is 10.7. The molecule has 1 spiro atoms. The van der Waals surface area contributed by atoms with E-state index in [1.807, 2.05) is 24.3 Å². The van der Waals surface area contributed by atoms with Crippen LogP contribution in [0.1, 0.15) is 36.1 Å². The van der Waals surface area contributed by atoms with E-state index in [4.69, 9.17) is 4.42 Å². The van der Waals surface area contributed by atoms with Crippen LogP contribution in [0.4, 0.5) is 4.79 Å². The Kier molecular flexibility index (Phi) is 4.43. The summed E-state index contributed by atoms with van der Waals surface area (Å²) >= 11 is 0. The first-order valence-electron chi connectivity index (χ1n) is 9.12. The average molecular weight is 367 g/mol. The number of carbonyl (C=O) groups is 3. The predicted octanol–water partition coefficient (Wildman–Crippen LogP) is 2.07. The quantitative estimate of drug-likeness (QED) is 0.810. The zero-order chi connectivity index (χ0) is 18.9. The van der Waals surface area contributed by atoms with Crippen LogP contribution in [0.2, 0.25) is 0 Å². The number of rotatable bonds is 4. The van der Waals surface area contributed by atoms with Crippen LogP contribution < -0.4 is 10.6 Å². The summed E-state index contributed by atoms with van der Waals surface area (Å²) in [4.78, 5) is 39.0. The zero-order valence-electron chi connectivity index (χ0n) is 14.9. The SMILES string of the molecule is O=C(CN1C(=O)NC2(CCCCc3ccccc32)C1=O)NCc1ccco1. The molecule has 4 rings (SSSR count). The fourth-order valence-electron chi connectivity index (χ4n) is 3.91. The lowest BCUT2D eigenvalue weighted by molar-refractivity contribution is -0.135. The molecule has 27 heavy (non-hydrogen) atoms. The van der Waals surface area contributed by atoms with E-state index in [9.17, 15) is 14.4 Å². The number of fused-ring (bicyclic) bond motifs is 2. The van der Waals surface area contributed by atoms with E-state index < -0.39 is 17.5 Å². The minimum atomic E-state index is -1.06. The predicted molar refractivity (Wildman–Crippen MR) is 96.5 cm³/mol. The van der Waals surface area contributed by atoms with Crippen molar-refractivity contribution in [3.63, 3.8) is 0 Å². The zero-order valence-corrected chi connectivity index (χ0v) is 14.9. The summed E-state index contributed by atoms with van der Waals surface area (Å²) in [6.45, 7) is -0.0985. The monoisotopic (exact) mass is 367 g/mol. The van der Waals surface area contributed by atoms with Crippen LogP contribution in [0.25, 0.3) is 0 Å². The van der Waals surface area contributed by atoms with Gasteiger partial charge in [-0.25, -0.2) is 4.79 Å². The van der Waals surface area contributed by atoms with Crippen molar-refractivity contribution >= 4 is 17.8 Å². The highest BCUT2D eigenvalue weighted by Gasteiger charge is 2.53. The molecule has 1 aliphatic heterocycles. The molecule has 1 aromatic carbocycles. The minimum Gasteiger partial charge on any atom is -0.467 e. The molecular formula is C20H21N3O4. The lowest BCUT2D eigenvalue weighted by Gasteiger charge is -2.27. The molecule has 1 aliphatic carbocycles. The van der Waals surface area contributed by atoms with E-state index in [1.165, 1.54) is 6.26 Å². The Labute approximate surface area is 156 Å². The van der Waals surface area contributed by atoms with Crippen LogP contribution in [0.15, 0.2) is 47.1 Å². The van der Waals surface area contributed by atoms with Gasteiger partial charge in [-0.05, 0) is 48.9 Å². The third-order valence-electron chi connectivity index (χ3n) is 5.24. The summed E-state index contributed by atoms with van der Waals surface area (Å²) in [5.74, 6) is -0.154. The topological polar surface area (TPSA) is 91.7 Å². The Bertz CT molecular complexity index is 877. The molecule has 7 heteroatoms. The minimum absolute atomic E-state index is 0.212. The number of amides is 4. The van der Waals surface area contributed by atoms with E-state index in [1.54, 1.807) is 12.1 Å². The van der Waals surface area contributed by atoms with Crippen molar-refractivity contribution in [2.75, 3.05) is 6.54 Å². The van der Waals surface area contributed by atoms with Crippen LogP contribution in [-0.4, -0.2) is 29.3 Å². The molecule has 2 aliphatic rings. The Morgan fingerprint density at radius 2 is 2.04 bits per heavy atom. The van der Waals surface area contributed by atoms with Crippen LogP contribution in [-0.2, 0) is 28.1 Å². The first-order valence-corrected chi connectivity index (χ1v) is 9.12. The van der Waals surface area contributed by atoms with Crippen LogP contribution >= 0.6 is 0 Å². The van der Waals surface area contributed by atoms with E-state index in [0.717, 1.165) is 35.3 Å². The number of nitrogens with one attached hydrogen (secondary N) is 2. The van der Waals surface area contributed by atoms with Crippen molar-refractivity contribution < 1.29 is 18.8 Å². The van der Waals surface area contributed by atoms with E-state index in [2.05, 4.69) is 10.6 Å². The first kappa shape index (κ1) is 17.3. The van der Waals surface area contributed by atoms with Crippen LogP contribution in [0.5, 0.6) is 0 Å². The number of carbonyl (C=O) groups excluding carboxylic acids is 3. The number of aryl methyl sites for hydroxylation is 1. The molecule has 1 saturated heterocycles. The molecule has 2 heterocycles. The summed E-state index contributed by atoms with van der Waals surface area (Å²) in [5, 5.41) is 5.55.